The number of fused-ring (bicyclic) bond motifs is 1. The maximum absolute atomic E-state index is 13.7. The first-order valence-corrected chi connectivity index (χ1v) is 14.9. The SMILES string of the molecule is CC(C)(C)OC(=O)CC(NC(=O)C(Cc1ccc2ccccc2c1)NC(=O)OCc1ccccc1)C(=O)NC(CCC(=O)O)C(=O)O. The molecule has 0 bridgehead atoms. The van der Waals surface area contributed by atoms with Gasteiger partial charge in [0, 0.05) is 12.8 Å². The summed E-state index contributed by atoms with van der Waals surface area (Å²) in [4.78, 5) is 75.4. The van der Waals surface area contributed by atoms with Gasteiger partial charge in [-0.1, -0.05) is 72.8 Å². The number of rotatable bonds is 15. The first kappa shape index (κ1) is 36.0. The lowest BCUT2D eigenvalue weighted by molar-refractivity contribution is -0.156. The van der Waals surface area contributed by atoms with Crippen LogP contribution in [0.2, 0.25) is 0 Å². The molecule has 3 unspecified atom stereocenters. The number of ether oxygens (including phenoxy) is 2. The van der Waals surface area contributed by atoms with Crippen LogP contribution >= 0.6 is 0 Å². The monoisotopic (exact) mass is 649 g/mol. The molecule has 3 atom stereocenters. The zero-order valence-corrected chi connectivity index (χ0v) is 26.4. The van der Waals surface area contributed by atoms with Gasteiger partial charge in [-0.3, -0.25) is 19.2 Å². The summed E-state index contributed by atoms with van der Waals surface area (Å²) in [5.41, 5.74) is 0.443. The van der Waals surface area contributed by atoms with Crippen LogP contribution in [0.5, 0.6) is 0 Å². The highest BCUT2D eigenvalue weighted by Crippen LogP contribution is 2.17. The number of hydrogen-bond donors (Lipinski definition) is 5. The fourth-order valence-corrected chi connectivity index (χ4v) is 4.55. The molecule has 250 valence electrons. The molecular formula is C34H39N3O10. The Kier molecular flexibility index (Phi) is 12.8. The average molecular weight is 650 g/mol. The Hall–Kier alpha value is -5.46. The van der Waals surface area contributed by atoms with Gasteiger partial charge < -0.3 is 35.6 Å². The minimum Gasteiger partial charge on any atom is -0.481 e. The summed E-state index contributed by atoms with van der Waals surface area (Å²) >= 11 is 0. The Morgan fingerprint density at radius 3 is 1.98 bits per heavy atom. The summed E-state index contributed by atoms with van der Waals surface area (Å²) in [6, 6.07) is 17.4. The molecule has 3 amide bonds. The van der Waals surface area contributed by atoms with E-state index in [1.165, 1.54) is 0 Å². The smallest absolute Gasteiger partial charge is 0.408 e. The molecule has 0 aliphatic rings. The van der Waals surface area contributed by atoms with Gasteiger partial charge in [0.25, 0.3) is 0 Å². The normalized spacial score (nSPS) is 13.0. The molecule has 3 rings (SSSR count). The van der Waals surface area contributed by atoms with E-state index in [0.29, 0.717) is 11.1 Å². The summed E-state index contributed by atoms with van der Waals surface area (Å²) in [5.74, 6) is -5.56. The van der Waals surface area contributed by atoms with Gasteiger partial charge in [0.15, 0.2) is 0 Å². The van der Waals surface area contributed by atoms with Crippen molar-refractivity contribution in [2.24, 2.45) is 0 Å². The Morgan fingerprint density at radius 1 is 0.723 bits per heavy atom. The molecule has 0 saturated heterocycles. The zero-order valence-electron chi connectivity index (χ0n) is 26.4. The molecule has 5 N–H and O–H groups in total. The first-order chi connectivity index (χ1) is 22.2. The Labute approximate surface area is 271 Å². The highest BCUT2D eigenvalue weighted by Gasteiger charge is 2.33. The van der Waals surface area contributed by atoms with E-state index in [-0.39, 0.29) is 13.0 Å². The van der Waals surface area contributed by atoms with Crippen LogP contribution in [0.3, 0.4) is 0 Å². The lowest BCUT2D eigenvalue weighted by Gasteiger charge is -2.25. The second-order valence-electron chi connectivity index (χ2n) is 11.8. The fraction of sp³-hybridized carbons (Fsp3) is 0.353. The van der Waals surface area contributed by atoms with Crippen molar-refractivity contribution < 1.29 is 48.5 Å². The third-order valence-corrected chi connectivity index (χ3v) is 6.76. The number of hydrogen-bond acceptors (Lipinski definition) is 8. The van der Waals surface area contributed by atoms with Crippen LogP contribution in [-0.4, -0.2) is 69.8 Å². The van der Waals surface area contributed by atoms with Crippen LogP contribution in [0.4, 0.5) is 4.79 Å². The van der Waals surface area contributed by atoms with Gasteiger partial charge in [-0.2, -0.15) is 0 Å². The van der Waals surface area contributed by atoms with Gasteiger partial charge in [0.2, 0.25) is 11.8 Å². The summed E-state index contributed by atoms with van der Waals surface area (Å²) in [6.45, 7) is 4.74. The van der Waals surface area contributed by atoms with E-state index in [0.717, 1.165) is 10.8 Å². The van der Waals surface area contributed by atoms with Crippen molar-refractivity contribution in [2.75, 3.05) is 0 Å². The van der Waals surface area contributed by atoms with Crippen LogP contribution in [0.15, 0.2) is 72.8 Å². The van der Waals surface area contributed by atoms with Crippen molar-refractivity contribution in [2.45, 2.75) is 76.8 Å². The Bertz CT molecular complexity index is 1590. The number of carboxylic acids is 2. The molecule has 0 radical (unpaired) electrons. The minimum atomic E-state index is -1.63. The minimum absolute atomic E-state index is 0.0335. The van der Waals surface area contributed by atoms with E-state index in [9.17, 15) is 33.9 Å². The summed E-state index contributed by atoms with van der Waals surface area (Å²) in [5, 5.41) is 27.5. The maximum atomic E-state index is 13.7. The van der Waals surface area contributed by atoms with Gasteiger partial charge in [-0.05, 0) is 49.1 Å². The molecule has 3 aromatic rings. The summed E-state index contributed by atoms with van der Waals surface area (Å²) in [7, 11) is 0. The Balaban J connectivity index is 1.86. The lowest BCUT2D eigenvalue weighted by Crippen LogP contribution is -2.57. The van der Waals surface area contributed by atoms with Crippen LogP contribution < -0.4 is 16.0 Å². The van der Waals surface area contributed by atoms with Crippen molar-refractivity contribution in [3.8, 4) is 0 Å². The number of carbonyl (C=O) groups is 6. The van der Waals surface area contributed by atoms with E-state index in [1.807, 2.05) is 42.5 Å². The third kappa shape index (κ3) is 12.5. The van der Waals surface area contributed by atoms with E-state index in [1.54, 1.807) is 51.1 Å². The number of nitrogens with one attached hydrogen (secondary N) is 3. The third-order valence-electron chi connectivity index (χ3n) is 6.76. The van der Waals surface area contributed by atoms with E-state index in [4.69, 9.17) is 14.6 Å². The summed E-state index contributed by atoms with van der Waals surface area (Å²) in [6.07, 6.45) is -2.62. The molecule has 13 heteroatoms. The number of carboxylic acid groups (broad SMARTS) is 2. The molecule has 13 nitrogen and oxygen atoms in total. The molecule has 0 aromatic heterocycles. The zero-order chi connectivity index (χ0) is 34.6. The predicted octanol–water partition coefficient (Wildman–Crippen LogP) is 3.33. The van der Waals surface area contributed by atoms with Crippen LogP contribution in [0, 0.1) is 0 Å². The first-order valence-electron chi connectivity index (χ1n) is 14.9. The number of carbonyl (C=O) groups excluding carboxylic acids is 4. The number of alkyl carbamates (subject to hydrolysis) is 1. The molecule has 0 heterocycles. The predicted molar refractivity (Wildman–Crippen MR) is 170 cm³/mol. The van der Waals surface area contributed by atoms with Gasteiger partial charge in [0.05, 0.1) is 6.42 Å². The molecular weight excluding hydrogens is 610 g/mol. The molecule has 0 aliphatic heterocycles. The maximum Gasteiger partial charge on any atom is 0.408 e. The van der Waals surface area contributed by atoms with Crippen molar-refractivity contribution in [1.29, 1.82) is 0 Å². The largest absolute Gasteiger partial charge is 0.481 e. The van der Waals surface area contributed by atoms with Crippen molar-refractivity contribution in [3.05, 3.63) is 83.9 Å². The topological polar surface area (TPSA) is 197 Å². The molecule has 0 spiro atoms. The number of esters is 1. The summed E-state index contributed by atoms with van der Waals surface area (Å²) < 4.78 is 10.6. The molecule has 0 fully saturated rings. The van der Waals surface area contributed by atoms with Crippen LogP contribution in [-0.2, 0) is 46.5 Å². The van der Waals surface area contributed by atoms with Gasteiger partial charge in [-0.25, -0.2) is 9.59 Å². The second-order valence-corrected chi connectivity index (χ2v) is 11.8. The van der Waals surface area contributed by atoms with Crippen molar-refractivity contribution in [1.82, 2.24) is 16.0 Å². The van der Waals surface area contributed by atoms with E-state index >= 15 is 0 Å². The Morgan fingerprint density at radius 2 is 1.34 bits per heavy atom. The lowest BCUT2D eigenvalue weighted by atomic mass is 10.0. The number of amides is 3. The molecule has 0 saturated carbocycles. The second kappa shape index (κ2) is 16.7. The van der Waals surface area contributed by atoms with Crippen molar-refractivity contribution >= 4 is 46.6 Å². The van der Waals surface area contributed by atoms with Gasteiger partial charge in [-0.15, -0.1) is 0 Å². The van der Waals surface area contributed by atoms with E-state index < -0.39 is 78.8 Å². The van der Waals surface area contributed by atoms with Gasteiger partial charge >= 0.3 is 24.0 Å². The fourth-order valence-electron chi connectivity index (χ4n) is 4.55. The number of benzene rings is 3. The molecule has 3 aromatic carbocycles. The van der Waals surface area contributed by atoms with Crippen LogP contribution in [0.1, 0.15) is 51.2 Å². The molecule has 0 aliphatic carbocycles. The van der Waals surface area contributed by atoms with Crippen LogP contribution in [0.25, 0.3) is 10.8 Å². The van der Waals surface area contributed by atoms with E-state index in [2.05, 4.69) is 16.0 Å². The molecule has 47 heavy (non-hydrogen) atoms. The van der Waals surface area contributed by atoms with Crippen molar-refractivity contribution in [3.63, 3.8) is 0 Å². The highest BCUT2D eigenvalue weighted by molar-refractivity contribution is 5.95. The average Bonchev–Trinajstić information content (AvgIpc) is 3.00. The highest BCUT2D eigenvalue weighted by atomic mass is 16.6. The standard InChI is InChI=1S/C34H39N3O10/c1-34(2,3)47-29(40)19-27(31(42)35-25(32(43)44)15-16-28(38)39)36-30(41)26(37-33(45)46-20-21-9-5-4-6-10-21)18-22-13-14-23-11-7-8-12-24(23)17-22/h4-14,17,25-27H,15-16,18-20H2,1-3H3,(H,35,42)(H,36,41)(H,37,45)(H,38,39)(H,43,44). The quantitative estimate of drug-likeness (QED) is 0.152. The number of aliphatic carboxylic acids is 2. The van der Waals surface area contributed by atoms with Gasteiger partial charge in [0.1, 0.15) is 30.3 Å².